The number of ether oxygens (including phenoxy) is 1. The van der Waals surface area contributed by atoms with Crippen molar-refractivity contribution in [2.45, 2.75) is 25.3 Å². The van der Waals surface area contributed by atoms with Crippen LogP contribution in [0.1, 0.15) is 19.8 Å². The lowest BCUT2D eigenvalue weighted by Crippen LogP contribution is -2.44. The maximum absolute atomic E-state index is 10.4. The number of nitrogens with zero attached hydrogens (tertiary/aromatic N) is 1. The van der Waals surface area contributed by atoms with Gasteiger partial charge in [0.15, 0.2) is 0 Å². The van der Waals surface area contributed by atoms with Crippen LogP contribution >= 0.6 is 12.8 Å². The molecular weight excluding hydrogens is 162 g/mol. The SMILES string of the molecule is CC1(N(S)C=O)CCOCC1. The highest BCUT2D eigenvalue weighted by Crippen LogP contribution is 2.27. The Labute approximate surface area is 72.2 Å². The van der Waals surface area contributed by atoms with Gasteiger partial charge in [-0.25, -0.2) is 0 Å². The second-order valence-electron chi connectivity index (χ2n) is 3.06. The molecule has 0 unspecified atom stereocenters. The Bertz CT molecular complexity index is 145. The zero-order chi connectivity index (χ0) is 8.32. The van der Waals surface area contributed by atoms with E-state index in [9.17, 15) is 4.79 Å². The Balaban J connectivity index is 2.55. The van der Waals surface area contributed by atoms with Gasteiger partial charge in [0.05, 0.1) is 5.54 Å². The van der Waals surface area contributed by atoms with Crippen LogP contribution in [-0.2, 0) is 9.53 Å². The summed E-state index contributed by atoms with van der Waals surface area (Å²) in [6.45, 7) is 3.47. The fraction of sp³-hybridized carbons (Fsp3) is 0.857. The maximum atomic E-state index is 10.4. The topological polar surface area (TPSA) is 29.5 Å². The highest BCUT2D eigenvalue weighted by Gasteiger charge is 2.31. The molecule has 1 fully saturated rings. The lowest BCUT2D eigenvalue weighted by Gasteiger charge is -2.38. The highest BCUT2D eigenvalue weighted by atomic mass is 32.1. The first-order valence-electron chi connectivity index (χ1n) is 3.70. The lowest BCUT2D eigenvalue weighted by molar-refractivity contribution is -0.118. The van der Waals surface area contributed by atoms with Crippen LogP contribution in [0.4, 0.5) is 0 Å². The van der Waals surface area contributed by atoms with E-state index in [-0.39, 0.29) is 5.54 Å². The highest BCUT2D eigenvalue weighted by molar-refractivity contribution is 7.78. The fourth-order valence-electron chi connectivity index (χ4n) is 1.17. The zero-order valence-corrected chi connectivity index (χ0v) is 7.51. The molecule has 1 heterocycles. The Morgan fingerprint density at radius 3 is 2.55 bits per heavy atom. The molecule has 11 heavy (non-hydrogen) atoms. The number of hydrogen-bond acceptors (Lipinski definition) is 3. The van der Waals surface area contributed by atoms with E-state index >= 15 is 0 Å². The number of rotatable bonds is 2. The van der Waals surface area contributed by atoms with Gasteiger partial charge < -0.3 is 4.74 Å². The first-order valence-corrected chi connectivity index (χ1v) is 4.10. The minimum Gasteiger partial charge on any atom is -0.381 e. The normalized spacial score (nSPS) is 22.7. The maximum Gasteiger partial charge on any atom is 0.219 e. The van der Waals surface area contributed by atoms with Crippen molar-refractivity contribution in [1.82, 2.24) is 4.31 Å². The van der Waals surface area contributed by atoms with Crippen molar-refractivity contribution in [3.63, 3.8) is 0 Å². The van der Waals surface area contributed by atoms with Gasteiger partial charge in [-0.2, -0.15) is 0 Å². The van der Waals surface area contributed by atoms with Crippen molar-refractivity contribution in [1.29, 1.82) is 0 Å². The molecule has 0 atom stereocenters. The predicted octanol–water partition coefficient (Wildman–Crippen LogP) is 0.859. The molecule has 1 saturated heterocycles. The van der Waals surface area contributed by atoms with E-state index in [2.05, 4.69) is 12.8 Å². The number of amides is 1. The second kappa shape index (κ2) is 3.45. The molecule has 0 bridgehead atoms. The molecule has 0 aromatic carbocycles. The molecule has 1 rings (SSSR count). The van der Waals surface area contributed by atoms with Gasteiger partial charge in [-0.1, -0.05) is 12.8 Å². The summed E-state index contributed by atoms with van der Waals surface area (Å²) in [7, 11) is 0. The van der Waals surface area contributed by atoms with Gasteiger partial charge >= 0.3 is 0 Å². The summed E-state index contributed by atoms with van der Waals surface area (Å²) in [5, 5.41) is 0. The molecule has 0 aromatic heterocycles. The standard InChI is InChI=1S/C7H13NO2S/c1-7(8(11)6-9)2-4-10-5-3-7/h6,11H,2-5H2,1H3. The van der Waals surface area contributed by atoms with Gasteiger partial charge in [-0.3, -0.25) is 9.10 Å². The molecule has 0 spiro atoms. The summed E-state index contributed by atoms with van der Waals surface area (Å²) < 4.78 is 6.62. The molecule has 0 saturated carbocycles. The van der Waals surface area contributed by atoms with E-state index < -0.39 is 0 Å². The molecule has 1 aliphatic heterocycles. The van der Waals surface area contributed by atoms with Crippen LogP contribution in [-0.4, -0.2) is 29.5 Å². The Morgan fingerprint density at radius 2 is 2.09 bits per heavy atom. The van der Waals surface area contributed by atoms with Crippen LogP contribution in [0.5, 0.6) is 0 Å². The fourth-order valence-corrected chi connectivity index (χ4v) is 1.37. The molecular formula is C7H13NO2S. The van der Waals surface area contributed by atoms with Crippen LogP contribution < -0.4 is 0 Å². The lowest BCUT2D eigenvalue weighted by atomic mass is 9.93. The van der Waals surface area contributed by atoms with Gasteiger partial charge in [0.1, 0.15) is 0 Å². The largest absolute Gasteiger partial charge is 0.381 e. The summed E-state index contributed by atoms with van der Waals surface area (Å²) in [5.41, 5.74) is -0.108. The van der Waals surface area contributed by atoms with Crippen LogP contribution in [0.2, 0.25) is 0 Å². The number of hydrogen-bond donors (Lipinski definition) is 1. The summed E-state index contributed by atoms with van der Waals surface area (Å²) in [5.74, 6) is 0. The number of carbonyl (C=O) groups excluding carboxylic acids is 1. The average molecular weight is 175 g/mol. The molecule has 0 N–H and O–H groups in total. The molecule has 64 valence electrons. The van der Waals surface area contributed by atoms with Gasteiger partial charge in [-0.05, 0) is 19.8 Å². The van der Waals surface area contributed by atoms with E-state index in [0.29, 0.717) is 0 Å². The number of thiol groups is 1. The van der Waals surface area contributed by atoms with Crippen LogP contribution in [0.3, 0.4) is 0 Å². The van der Waals surface area contributed by atoms with Gasteiger partial charge in [0, 0.05) is 13.2 Å². The smallest absolute Gasteiger partial charge is 0.219 e. The average Bonchev–Trinajstić information content (AvgIpc) is 2.04. The third-order valence-electron chi connectivity index (χ3n) is 2.22. The molecule has 0 aliphatic carbocycles. The minimum absolute atomic E-state index is 0.108. The molecule has 3 nitrogen and oxygen atoms in total. The van der Waals surface area contributed by atoms with Gasteiger partial charge in [0.25, 0.3) is 0 Å². The monoisotopic (exact) mass is 175 g/mol. The van der Waals surface area contributed by atoms with E-state index in [1.807, 2.05) is 6.92 Å². The third kappa shape index (κ3) is 1.87. The summed E-state index contributed by atoms with van der Waals surface area (Å²) >= 11 is 4.07. The van der Waals surface area contributed by atoms with Crippen molar-refractivity contribution < 1.29 is 9.53 Å². The zero-order valence-electron chi connectivity index (χ0n) is 6.62. The molecule has 0 aromatic rings. The third-order valence-corrected chi connectivity index (χ3v) is 2.80. The van der Waals surface area contributed by atoms with Crippen molar-refractivity contribution in [3.8, 4) is 0 Å². The van der Waals surface area contributed by atoms with E-state index in [1.165, 1.54) is 4.31 Å². The summed E-state index contributed by atoms with van der Waals surface area (Å²) in [4.78, 5) is 10.4. The van der Waals surface area contributed by atoms with Gasteiger partial charge in [-0.15, -0.1) is 0 Å². The molecule has 1 aliphatic rings. The first-order chi connectivity index (χ1) is 5.19. The Kier molecular flexibility index (Phi) is 2.78. The minimum atomic E-state index is -0.108. The van der Waals surface area contributed by atoms with Crippen molar-refractivity contribution in [2.24, 2.45) is 0 Å². The molecule has 0 radical (unpaired) electrons. The van der Waals surface area contributed by atoms with Crippen molar-refractivity contribution in [2.75, 3.05) is 13.2 Å². The van der Waals surface area contributed by atoms with E-state index in [1.54, 1.807) is 0 Å². The first kappa shape index (κ1) is 8.87. The quantitative estimate of drug-likeness (QED) is 0.498. The molecule has 4 heteroatoms. The van der Waals surface area contributed by atoms with Gasteiger partial charge in [0.2, 0.25) is 6.41 Å². The Hall–Kier alpha value is -0.220. The summed E-state index contributed by atoms with van der Waals surface area (Å²) in [6, 6.07) is 0. The van der Waals surface area contributed by atoms with E-state index in [4.69, 9.17) is 4.74 Å². The Morgan fingerprint density at radius 1 is 1.55 bits per heavy atom. The summed E-state index contributed by atoms with van der Waals surface area (Å²) in [6.07, 6.45) is 2.50. The number of carbonyl (C=O) groups is 1. The van der Waals surface area contributed by atoms with Crippen molar-refractivity contribution >= 4 is 19.2 Å². The van der Waals surface area contributed by atoms with Crippen LogP contribution in [0, 0.1) is 0 Å². The van der Waals surface area contributed by atoms with Crippen molar-refractivity contribution in [3.05, 3.63) is 0 Å². The van der Waals surface area contributed by atoms with E-state index in [0.717, 1.165) is 32.5 Å². The van der Waals surface area contributed by atoms with Crippen LogP contribution in [0.25, 0.3) is 0 Å². The van der Waals surface area contributed by atoms with Crippen LogP contribution in [0.15, 0.2) is 0 Å². The second-order valence-corrected chi connectivity index (χ2v) is 3.49. The molecule has 1 amide bonds. The predicted molar refractivity (Wildman–Crippen MR) is 45.3 cm³/mol.